The molecule has 16 heavy (non-hydrogen) atoms. The van der Waals surface area contributed by atoms with E-state index in [9.17, 15) is 0 Å². The summed E-state index contributed by atoms with van der Waals surface area (Å²) in [6.07, 6.45) is 6.09. The van der Waals surface area contributed by atoms with Crippen LogP contribution in [0.1, 0.15) is 51.0 Å². The number of nitrogens with one attached hydrogen (secondary N) is 1. The van der Waals surface area contributed by atoms with Crippen LogP contribution in [-0.4, -0.2) is 16.5 Å². The first kappa shape index (κ1) is 12.9. The summed E-state index contributed by atoms with van der Waals surface area (Å²) in [5, 5.41) is 3.37. The van der Waals surface area contributed by atoms with Crippen molar-refractivity contribution in [3.63, 3.8) is 0 Å². The van der Waals surface area contributed by atoms with E-state index < -0.39 is 0 Å². The fraction of sp³-hybridized carbons (Fsp3) is 0.692. The Kier molecular flexibility index (Phi) is 5.83. The third-order valence-corrected chi connectivity index (χ3v) is 2.59. The van der Waals surface area contributed by atoms with E-state index in [2.05, 4.69) is 29.1 Å². The van der Waals surface area contributed by atoms with Crippen LogP contribution in [0.5, 0.6) is 0 Å². The van der Waals surface area contributed by atoms with E-state index in [0.717, 1.165) is 30.3 Å². The Balaban J connectivity index is 2.38. The van der Waals surface area contributed by atoms with Crippen LogP contribution in [0, 0.1) is 6.92 Å². The number of anilines is 1. The van der Waals surface area contributed by atoms with Crippen LogP contribution in [0.2, 0.25) is 0 Å². The molecule has 0 unspecified atom stereocenters. The average molecular weight is 221 g/mol. The van der Waals surface area contributed by atoms with Crippen molar-refractivity contribution in [1.82, 2.24) is 9.97 Å². The molecule has 0 aliphatic rings. The van der Waals surface area contributed by atoms with Crippen molar-refractivity contribution >= 4 is 5.82 Å². The zero-order chi connectivity index (χ0) is 11.8. The van der Waals surface area contributed by atoms with Crippen LogP contribution in [0.4, 0.5) is 5.82 Å². The van der Waals surface area contributed by atoms with Crippen molar-refractivity contribution in [3.05, 3.63) is 17.6 Å². The topological polar surface area (TPSA) is 37.8 Å². The first-order chi connectivity index (χ1) is 7.76. The lowest BCUT2D eigenvalue weighted by Gasteiger charge is -2.07. The molecule has 0 saturated carbocycles. The van der Waals surface area contributed by atoms with E-state index in [1.807, 2.05) is 13.0 Å². The van der Waals surface area contributed by atoms with Gasteiger partial charge in [0.05, 0.1) is 0 Å². The zero-order valence-electron chi connectivity index (χ0n) is 10.7. The fourth-order valence-electron chi connectivity index (χ4n) is 1.67. The Morgan fingerprint density at radius 3 is 2.62 bits per heavy atom. The Hall–Kier alpha value is -1.12. The van der Waals surface area contributed by atoms with Gasteiger partial charge in [-0.05, 0) is 19.8 Å². The van der Waals surface area contributed by atoms with Gasteiger partial charge in [0.1, 0.15) is 11.6 Å². The van der Waals surface area contributed by atoms with Crippen LogP contribution < -0.4 is 5.32 Å². The number of rotatable bonds is 7. The summed E-state index contributed by atoms with van der Waals surface area (Å²) in [5.74, 6) is 1.83. The van der Waals surface area contributed by atoms with E-state index in [1.165, 1.54) is 25.7 Å². The first-order valence-corrected chi connectivity index (χ1v) is 6.34. The minimum absolute atomic E-state index is 0.857. The van der Waals surface area contributed by atoms with Gasteiger partial charge in [0, 0.05) is 18.3 Å². The maximum Gasteiger partial charge on any atom is 0.129 e. The van der Waals surface area contributed by atoms with Crippen molar-refractivity contribution < 1.29 is 0 Å². The third kappa shape index (κ3) is 4.60. The molecule has 0 fully saturated rings. The Morgan fingerprint density at radius 1 is 1.12 bits per heavy atom. The second-order valence-electron chi connectivity index (χ2n) is 4.13. The molecule has 1 N–H and O–H groups in total. The predicted molar refractivity (Wildman–Crippen MR) is 68.8 cm³/mol. The van der Waals surface area contributed by atoms with Gasteiger partial charge >= 0.3 is 0 Å². The second kappa shape index (κ2) is 7.20. The van der Waals surface area contributed by atoms with Crippen LogP contribution in [0.15, 0.2) is 6.07 Å². The maximum absolute atomic E-state index is 4.38. The number of unbranched alkanes of at least 4 members (excludes halogenated alkanes) is 3. The van der Waals surface area contributed by atoms with E-state index in [-0.39, 0.29) is 0 Å². The van der Waals surface area contributed by atoms with Crippen LogP contribution in [0.25, 0.3) is 0 Å². The smallest absolute Gasteiger partial charge is 0.129 e. The molecule has 0 aliphatic heterocycles. The van der Waals surface area contributed by atoms with Crippen molar-refractivity contribution in [2.45, 2.75) is 52.9 Å². The van der Waals surface area contributed by atoms with E-state index in [4.69, 9.17) is 0 Å². The maximum atomic E-state index is 4.38. The monoisotopic (exact) mass is 221 g/mol. The molecule has 0 amide bonds. The highest BCUT2D eigenvalue weighted by molar-refractivity contribution is 5.35. The van der Waals surface area contributed by atoms with Crippen LogP contribution in [0.3, 0.4) is 0 Å². The molecule has 1 heterocycles. The van der Waals surface area contributed by atoms with Crippen molar-refractivity contribution in [1.29, 1.82) is 0 Å². The molecule has 0 spiro atoms. The molecular weight excluding hydrogens is 198 g/mol. The second-order valence-corrected chi connectivity index (χ2v) is 4.13. The van der Waals surface area contributed by atoms with Gasteiger partial charge in [-0.25, -0.2) is 9.97 Å². The van der Waals surface area contributed by atoms with E-state index in [0.29, 0.717) is 0 Å². The number of hydrogen-bond donors (Lipinski definition) is 1. The van der Waals surface area contributed by atoms with Gasteiger partial charge < -0.3 is 5.32 Å². The lowest BCUT2D eigenvalue weighted by atomic mass is 10.2. The largest absolute Gasteiger partial charge is 0.370 e. The molecular formula is C13H23N3. The average Bonchev–Trinajstić information content (AvgIpc) is 2.28. The highest BCUT2D eigenvalue weighted by atomic mass is 15.0. The summed E-state index contributed by atoms with van der Waals surface area (Å²) in [6.45, 7) is 7.31. The molecule has 0 saturated heterocycles. The van der Waals surface area contributed by atoms with Gasteiger partial charge in [0.2, 0.25) is 0 Å². The van der Waals surface area contributed by atoms with Gasteiger partial charge in [-0.2, -0.15) is 0 Å². The quantitative estimate of drug-likeness (QED) is 0.718. The SMILES string of the molecule is CCCCCCNc1cc(CC)nc(C)n1. The summed E-state index contributed by atoms with van der Waals surface area (Å²) in [5.41, 5.74) is 1.11. The van der Waals surface area contributed by atoms with Crippen LogP contribution in [-0.2, 0) is 6.42 Å². The zero-order valence-corrected chi connectivity index (χ0v) is 10.7. The lowest BCUT2D eigenvalue weighted by Crippen LogP contribution is -2.06. The standard InChI is InChI=1S/C13H23N3/c1-4-6-7-8-9-14-13-10-12(5-2)15-11(3)16-13/h10H,4-9H2,1-3H3,(H,14,15,16). The molecule has 0 atom stereocenters. The van der Waals surface area contributed by atoms with Gasteiger partial charge in [-0.15, -0.1) is 0 Å². The normalized spacial score (nSPS) is 10.4. The lowest BCUT2D eigenvalue weighted by molar-refractivity contribution is 0.684. The molecule has 3 nitrogen and oxygen atoms in total. The molecule has 0 radical (unpaired) electrons. The molecule has 0 aliphatic carbocycles. The molecule has 1 aromatic rings. The minimum Gasteiger partial charge on any atom is -0.370 e. The number of aryl methyl sites for hydroxylation is 2. The molecule has 90 valence electrons. The number of hydrogen-bond acceptors (Lipinski definition) is 3. The van der Waals surface area contributed by atoms with Gasteiger partial charge in [0.25, 0.3) is 0 Å². The van der Waals surface area contributed by atoms with Crippen molar-refractivity contribution in [3.8, 4) is 0 Å². The Morgan fingerprint density at radius 2 is 1.94 bits per heavy atom. The molecule has 1 aromatic heterocycles. The summed E-state index contributed by atoms with van der Waals surface area (Å²) in [4.78, 5) is 8.74. The molecule has 3 heteroatoms. The van der Waals surface area contributed by atoms with Crippen LogP contribution >= 0.6 is 0 Å². The highest BCUT2D eigenvalue weighted by Crippen LogP contribution is 2.08. The third-order valence-electron chi connectivity index (χ3n) is 2.59. The van der Waals surface area contributed by atoms with Gasteiger partial charge in [0.15, 0.2) is 0 Å². The van der Waals surface area contributed by atoms with E-state index in [1.54, 1.807) is 0 Å². The first-order valence-electron chi connectivity index (χ1n) is 6.34. The number of nitrogens with zero attached hydrogens (tertiary/aromatic N) is 2. The summed E-state index contributed by atoms with van der Waals surface area (Å²) in [7, 11) is 0. The summed E-state index contributed by atoms with van der Waals surface area (Å²) < 4.78 is 0. The molecule has 0 aromatic carbocycles. The van der Waals surface area contributed by atoms with Crippen molar-refractivity contribution in [2.75, 3.05) is 11.9 Å². The van der Waals surface area contributed by atoms with E-state index >= 15 is 0 Å². The molecule has 1 rings (SSSR count). The van der Waals surface area contributed by atoms with Gasteiger partial charge in [-0.3, -0.25) is 0 Å². The summed E-state index contributed by atoms with van der Waals surface area (Å²) >= 11 is 0. The number of aromatic nitrogens is 2. The van der Waals surface area contributed by atoms with Crippen molar-refractivity contribution in [2.24, 2.45) is 0 Å². The fourth-order valence-corrected chi connectivity index (χ4v) is 1.67. The summed E-state index contributed by atoms with van der Waals surface area (Å²) in [6, 6.07) is 2.05. The Bertz CT molecular complexity index is 310. The minimum atomic E-state index is 0.857. The Labute approximate surface area is 98.7 Å². The molecule has 0 bridgehead atoms. The predicted octanol–water partition coefficient (Wildman–Crippen LogP) is 3.34. The van der Waals surface area contributed by atoms with Gasteiger partial charge in [-0.1, -0.05) is 33.1 Å². The highest BCUT2D eigenvalue weighted by Gasteiger charge is 1.99.